The molecule has 0 aliphatic carbocycles. The van der Waals surface area contributed by atoms with Gasteiger partial charge in [0.15, 0.2) is 0 Å². The number of unbranched alkanes of at least 4 members (excludes halogenated alkanes) is 3. The van der Waals surface area contributed by atoms with Crippen LogP contribution >= 0.6 is 0 Å². The zero-order valence-electron chi connectivity index (χ0n) is 16.9. The topological polar surface area (TPSA) is 61.9 Å². The van der Waals surface area contributed by atoms with Crippen molar-refractivity contribution in [2.24, 2.45) is 17.1 Å². The van der Waals surface area contributed by atoms with E-state index < -0.39 is 0 Å². The molecule has 0 spiro atoms. The second-order valence-corrected chi connectivity index (χ2v) is 8.45. The summed E-state index contributed by atoms with van der Waals surface area (Å²) in [4.78, 5) is 0. The largest absolute Gasteiger partial charge is 0.387 e. The average Bonchev–Trinajstić information content (AvgIpc) is 2.43. The highest BCUT2D eigenvalue weighted by atomic mass is 15.0. The molecule has 0 radical (unpaired) electrons. The van der Waals surface area contributed by atoms with Gasteiger partial charge in [-0.2, -0.15) is 0 Å². The predicted molar refractivity (Wildman–Crippen MR) is 104 cm³/mol. The Bertz CT molecular complexity index is 334. The molecule has 2 unspecified atom stereocenters. The van der Waals surface area contributed by atoms with E-state index >= 15 is 0 Å². The smallest absolute Gasteiger partial charge is 0.0981 e. The van der Waals surface area contributed by atoms with Crippen LogP contribution in [0.15, 0.2) is 0 Å². The maximum absolute atomic E-state index is 7.88. The predicted octanol–water partition coefficient (Wildman–Crippen LogP) is 5.48. The van der Waals surface area contributed by atoms with Crippen molar-refractivity contribution in [1.82, 2.24) is 5.32 Å². The Morgan fingerprint density at radius 3 is 2.00 bits per heavy atom. The minimum absolute atomic E-state index is 0.184. The van der Waals surface area contributed by atoms with Crippen LogP contribution in [0, 0.1) is 16.7 Å². The first-order chi connectivity index (χ1) is 10.6. The van der Waals surface area contributed by atoms with Crippen molar-refractivity contribution in [2.45, 2.75) is 111 Å². The molecular formula is C20H43N3. The van der Waals surface area contributed by atoms with Gasteiger partial charge in [-0.1, -0.05) is 72.6 Å². The van der Waals surface area contributed by atoms with Crippen molar-refractivity contribution in [3.63, 3.8) is 0 Å². The third kappa shape index (κ3) is 7.69. The molecule has 0 aromatic carbocycles. The van der Waals surface area contributed by atoms with Crippen LogP contribution in [0.25, 0.3) is 0 Å². The molecule has 0 fully saturated rings. The van der Waals surface area contributed by atoms with E-state index in [-0.39, 0.29) is 16.8 Å². The first-order valence-corrected chi connectivity index (χ1v) is 9.70. The third-order valence-corrected chi connectivity index (χ3v) is 5.71. The van der Waals surface area contributed by atoms with Crippen LogP contribution in [0.4, 0.5) is 0 Å². The molecule has 0 heterocycles. The van der Waals surface area contributed by atoms with E-state index in [0.29, 0.717) is 6.04 Å². The summed E-state index contributed by atoms with van der Waals surface area (Å²) < 4.78 is 0. The number of rotatable bonds is 13. The summed E-state index contributed by atoms with van der Waals surface area (Å²) >= 11 is 0. The molecular weight excluding hydrogens is 282 g/mol. The van der Waals surface area contributed by atoms with Crippen molar-refractivity contribution < 1.29 is 0 Å². The van der Waals surface area contributed by atoms with E-state index in [1.54, 1.807) is 0 Å². The van der Waals surface area contributed by atoms with Gasteiger partial charge in [-0.05, 0) is 33.1 Å². The van der Waals surface area contributed by atoms with Gasteiger partial charge in [0.05, 0.1) is 5.84 Å². The number of hydrogen-bond donors (Lipinski definition) is 3. The Morgan fingerprint density at radius 1 is 1.00 bits per heavy atom. The maximum atomic E-state index is 7.88. The van der Waals surface area contributed by atoms with Gasteiger partial charge in [0.1, 0.15) is 0 Å². The summed E-state index contributed by atoms with van der Waals surface area (Å²) in [5.74, 6) is 1.08. The molecule has 0 amide bonds. The van der Waals surface area contributed by atoms with Crippen molar-refractivity contribution in [3.05, 3.63) is 0 Å². The van der Waals surface area contributed by atoms with Crippen LogP contribution in [-0.2, 0) is 0 Å². The lowest BCUT2D eigenvalue weighted by Gasteiger charge is -2.44. The molecule has 3 nitrogen and oxygen atoms in total. The number of hydrogen-bond acceptors (Lipinski definition) is 2. The van der Waals surface area contributed by atoms with Crippen LogP contribution in [0.1, 0.15) is 99.8 Å². The van der Waals surface area contributed by atoms with Crippen molar-refractivity contribution in [1.29, 1.82) is 5.41 Å². The average molecular weight is 326 g/mol. The van der Waals surface area contributed by atoms with Crippen LogP contribution in [0.3, 0.4) is 0 Å². The molecule has 4 N–H and O–H groups in total. The summed E-state index contributed by atoms with van der Waals surface area (Å²) in [5, 5.41) is 11.6. The van der Waals surface area contributed by atoms with Gasteiger partial charge in [0.2, 0.25) is 0 Å². The fourth-order valence-electron chi connectivity index (χ4n) is 3.25. The highest BCUT2D eigenvalue weighted by Crippen LogP contribution is 2.32. The molecule has 0 bridgehead atoms. The van der Waals surface area contributed by atoms with Gasteiger partial charge in [0, 0.05) is 17.0 Å². The minimum Gasteiger partial charge on any atom is -0.387 e. The lowest BCUT2D eigenvalue weighted by atomic mass is 9.73. The Balaban J connectivity index is 4.65. The van der Waals surface area contributed by atoms with Crippen molar-refractivity contribution >= 4 is 5.84 Å². The molecule has 0 rings (SSSR count). The second-order valence-electron chi connectivity index (χ2n) is 8.45. The van der Waals surface area contributed by atoms with Gasteiger partial charge < -0.3 is 11.1 Å². The van der Waals surface area contributed by atoms with Gasteiger partial charge >= 0.3 is 0 Å². The fraction of sp³-hybridized carbons (Fsp3) is 0.950. The number of nitrogens with two attached hydrogens (primary N) is 1. The van der Waals surface area contributed by atoms with Gasteiger partial charge in [-0.3, -0.25) is 5.41 Å². The molecule has 0 aliphatic heterocycles. The lowest BCUT2D eigenvalue weighted by molar-refractivity contribution is 0.192. The van der Waals surface area contributed by atoms with Crippen LogP contribution in [-0.4, -0.2) is 17.4 Å². The zero-order valence-corrected chi connectivity index (χ0v) is 16.9. The molecule has 23 heavy (non-hydrogen) atoms. The van der Waals surface area contributed by atoms with Crippen LogP contribution in [0.5, 0.6) is 0 Å². The molecule has 0 saturated carbocycles. The number of amidine groups is 1. The van der Waals surface area contributed by atoms with E-state index in [1.807, 2.05) is 0 Å². The third-order valence-electron chi connectivity index (χ3n) is 5.71. The fourth-order valence-corrected chi connectivity index (χ4v) is 3.25. The lowest BCUT2D eigenvalue weighted by Crippen LogP contribution is -2.59. The normalized spacial score (nSPS) is 15.4. The number of nitrogens with one attached hydrogen (secondary N) is 2. The summed E-state index contributed by atoms with van der Waals surface area (Å²) in [6, 6.07) is 0.451. The van der Waals surface area contributed by atoms with Crippen LogP contribution < -0.4 is 11.1 Å². The Hall–Kier alpha value is -0.570. The standard InChI is InChI=1S/C20H43N3/c1-8-10-12-14-17(13-11-9-2)15-16(3)23-20(6,7)19(4,5)18(21)22/h16-17,23H,8-15H2,1-7H3,(H3,21,22). The van der Waals surface area contributed by atoms with E-state index in [2.05, 4.69) is 53.8 Å². The molecule has 2 atom stereocenters. The molecule has 0 aliphatic rings. The minimum atomic E-state index is -0.345. The maximum Gasteiger partial charge on any atom is 0.0981 e. The molecule has 0 saturated heterocycles. The highest BCUT2D eigenvalue weighted by molar-refractivity contribution is 5.84. The van der Waals surface area contributed by atoms with Gasteiger partial charge in [0.25, 0.3) is 0 Å². The Labute approximate surface area is 145 Å². The quantitative estimate of drug-likeness (QED) is 0.238. The molecule has 3 heteroatoms. The van der Waals surface area contributed by atoms with Gasteiger partial charge in [-0.25, -0.2) is 0 Å². The van der Waals surface area contributed by atoms with E-state index in [9.17, 15) is 0 Å². The Morgan fingerprint density at radius 2 is 1.52 bits per heavy atom. The van der Waals surface area contributed by atoms with E-state index in [0.717, 1.165) is 5.92 Å². The summed E-state index contributed by atoms with van der Waals surface area (Å²) in [6.45, 7) is 15.3. The summed E-state index contributed by atoms with van der Waals surface area (Å²) in [5.41, 5.74) is 5.29. The van der Waals surface area contributed by atoms with E-state index in [1.165, 1.54) is 51.4 Å². The Kier molecular flexibility index (Phi) is 10.1. The van der Waals surface area contributed by atoms with E-state index in [4.69, 9.17) is 11.1 Å². The monoisotopic (exact) mass is 325 g/mol. The second kappa shape index (κ2) is 10.3. The molecule has 0 aromatic heterocycles. The highest BCUT2D eigenvalue weighted by Gasteiger charge is 2.40. The first-order valence-electron chi connectivity index (χ1n) is 9.70. The molecule has 138 valence electrons. The first kappa shape index (κ1) is 22.4. The van der Waals surface area contributed by atoms with Crippen molar-refractivity contribution in [3.8, 4) is 0 Å². The van der Waals surface area contributed by atoms with Crippen molar-refractivity contribution in [2.75, 3.05) is 0 Å². The summed E-state index contributed by atoms with van der Waals surface area (Å²) in [7, 11) is 0. The summed E-state index contributed by atoms with van der Waals surface area (Å²) in [6.07, 6.45) is 10.6. The van der Waals surface area contributed by atoms with Crippen LogP contribution in [0.2, 0.25) is 0 Å². The SMILES string of the molecule is CCCCCC(CCCC)CC(C)NC(C)(C)C(C)(C)C(=N)N. The van der Waals surface area contributed by atoms with Gasteiger partial charge in [-0.15, -0.1) is 0 Å². The molecule has 0 aromatic rings. The zero-order chi connectivity index (χ0) is 18.1.